The molecule has 1 saturated heterocycles. The first kappa shape index (κ1) is 18.5. The molecular formula is C18H29N3O3. The maximum atomic E-state index is 12.3. The van der Waals surface area contributed by atoms with Crippen LogP contribution in [0.4, 0.5) is 0 Å². The first-order valence-electron chi connectivity index (χ1n) is 8.63. The first-order chi connectivity index (χ1) is 11.4. The SMILES string of the molecule is CCOc1cccnc1OCC(C)(C)NC(=O)C[C@H]1CCCN1C. The quantitative estimate of drug-likeness (QED) is 0.789. The number of hydrogen-bond acceptors (Lipinski definition) is 5. The third-order valence-corrected chi connectivity index (χ3v) is 4.18. The lowest BCUT2D eigenvalue weighted by Gasteiger charge is -2.28. The minimum atomic E-state index is -0.477. The largest absolute Gasteiger partial charge is 0.488 e. The van der Waals surface area contributed by atoms with Crippen LogP contribution in [-0.4, -0.2) is 54.2 Å². The molecule has 0 saturated carbocycles. The van der Waals surface area contributed by atoms with Crippen molar-refractivity contribution in [3.63, 3.8) is 0 Å². The lowest BCUT2D eigenvalue weighted by molar-refractivity contribution is -0.124. The number of nitrogens with one attached hydrogen (secondary N) is 1. The summed E-state index contributed by atoms with van der Waals surface area (Å²) in [6.07, 6.45) is 4.46. The van der Waals surface area contributed by atoms with Gasteiger partial charge >= 0.3 is 0 Å². The van der Waals surface area contributed by atoms with Gasteiger partial charge in [-0.2, -0.15) is 0 Å². The molecule has 0 aromatic carbocycles. The predicted molar refractivity (Wildman–Crippen MR) is 93.4 cm³/mol. The molecule has 0 bridgehead atoms. The van der Waals surface area contributed by atoms with E-state index in [1.165, 1.54) is 6.42 Å². The molecule has 134 valence electrons. The van der Waals surface area contributed by atoms with Crippen LogP contribution in [0.3, 0.4) is 0 Å². The monoisotopic (exact) mass is 335 g/mol. The molecule has 6 heteroatoms. The van der Waals surface area contributed by atoms with E-state index < -0.39 is 5.54 Å². The summed E-state index contributed by atoms with van der Waals surface area (Å²) < 4.78 is 11.3. The average Bonchev–Trinajstić information content (AvgIpc) is 2.91. The Hall–Kier alpha value is -1.82. The zero-order chi connectivity index (χ0) is 17.6. The van der Waals surface area contributed by atoms with E-state index >= 15 is 0 Å². The zero-order valence-electron chi connectivity index (χ0n) is 15.2. The van der Waals surface area contributed by atoms with Crippen molar-refractivity contribution in [2.75, 3.05) is 26.8 Å². The van der Waals surface area contributed by atoms with Crippen molar-refractivity contribution in [1.29, 1.82) is 0 Å². The third kappa shape index (κ3) is 5.37. The van der Waals surface area contributed by atoms with E-state index in [2.05, 4.69) is 22.2 Å². The molecule has 1 aromatic heterocycles. The van der Waals surface area contributed by atoms with Crippen LogP contribution in [0.2, 0.25) is 0 Å². The topological polar surface area (TPSA) is 63.7 Å². The Kier molecular flexibility index (Phi) is 6.43. The van der Waals surface area contributed by atoms with Crippen LogP contribution < -0.4 is 14.8 Å². The molecule has 6 nitrogen and oxygen atoms in total. The van der Waals surface area contributed by atoms with Crippen LogP contribution in [0.1, 0.15) is 40.0 Å². The smallest absolute Gasteiger partial charge is 0.257 e. The van der Waals surface area contributed by atoms with Gasteiger partial charge < -0.3 is 19.7 Å². The van der Waals surface area contributed by atoms with Crippen molar-refractivity contribution in [2.24, 2.45) is 0 Å². The van der Waals surface area contributed by atoms with Gasteiger partial charge in [-0.05, 0) is 59.3 Å². The lowest BCUT2D eigenvalue weighted by Crippen LogP contribution is -2.49. The average molecular weight is 335 g/mol. The molecule has 1 atom stereocenters. The highest BCUT2D eigenvalue weighted by Crippen LogP contribution is 2.24. The molecule has 24 heavy (non-hydrogen) atoms. The summed E-state index contributed by atoms with van der Waals surface area (Å²) in [5, 5.41) is 3.07. The van der Waals surface area contributed by atoms with Gasteiger partial charge in [0.25, 0.3) is 5.88 Å². The second kappa shape index (κ2) is 8.33. The van der Waals surface area contributed by atoms with Crippen molar-refractivity contribution in [3.05, 3.63) is 18.3 Å². The molecule has 1 amide bonds. The van der Waals surface area contributed by atoms with Gasteiger partial charge in [-0.1, -0.05) is 0 Å². The number of hydrogen-bond donors (Lipinski definition) is 1. The van der Waals surface area contributed by atoms with Gasteiger partial charge in [-0.25, -0.2) is 4.98 Å². The molecule has 0 spiro atoms. The first-order valence-corrected chi connectivity index (χ1v) is 8.63. The summed E-state index contributed by atoms with van der Waals surface area (Å²) in [7, 11) is 2.08. The second-order valence-electron chi connectivity index (χ2n) is 6.94. The number of carbonyl (C=O) groups is 1. The summed E-state index contributed by atoms with van der Waals surface area (Å²) in [6, 6.07) is 3.98. The van der Waals surface area contributed by atoms with E-state index in [1.54, 1.807) is 6.20 Å². The van der Waals surface area contributed by atoms with Gasteiger partial charge in [0.15, 0.2) is 5.75 Å². The number of ether oxygens (including phenoxy) is 2. The number of carbonyl (C=O) groups excluding carboxylic acids is 1. The predicted octanol–water partition coefficient (Wildman–Crippen LogP) is 2.24. The van der Waals surface area contributed by atoms with Gasteiger partial charge in [0, 0.05) is 18.7 Å². The van der Waals surface area contributed by atoms with Crippen LogP contribution in [0.15, 0.2) is 18.3 Å². The fourth-order valence-electron chi connectivity index (χ4n) is 2.91. The van der Waals surface area contributed by atoms with Crippen molar-refractivity contribution >= 4 is 5.91 Å². The Bertz CT molecular complexity index is 548. The molecule has 1 N–H and O–H groups in total. The normalized spacial score (nSPS) is 18.4. The molecule has 1 aliphatic heterocycles. The molecule has 2 rings (SSSR count). The van der Waals surface area contributed by atoms with Crippen LogP contribution in [0.25, 0.3) is 0 Å². The summed E-state index contributed by atoms with van der Waals surface area (Å²) in [5.74, 6) is 1.14. The summed E-state index contributed by atoms with van der Waals surface area (Å²) >= 11 is 0. The fourth-order valence-corrected chi connectivity index (χ4v) is 2.91. The third-order valence-electron chi connectivity index (χ3n) is 4.18. The molecule has 1 aliphatic rings. The number of nitrogens with zero attached hydrogens (tertiary/aromatic N) is 2. The molecule has 0 radical (unpaired) electrons. The van der Waals surface area contributed by atoms with Gasteiger partial charge in [-0.3, -0.25) is 4.79 Å². The van der Waals surface area contributed by atoms with Gasteiger partial charge in [0.2, 0.25) is 5.91 Å². The van der Waals surface area contributed by atoms with E-state index in [0.717, 1.165) is 13.0 Å². The van der Waals surface area contributed by atoms with Crippen LogP contribution in [0, 0.1) is 0 Å². The minimum absolute atomic E-state index is 0.0633. The van der Waals surface area contributed by atoms with Crippen LogP contribution in [0.5, 0.6) is 11.6 Å². The number of amides is 1. The molecule has 1 fully saturated rings. The standard InChI is InChI=1S/C18H29N3O3/c1-5-23-15-9-6-10-19-17(15)24-13-18(2,3)20-16(22)12-14-8-7-11-21(14)4/h6,9-10,14H,5,7-8,11-13H2,1-4H3,(H,20,22)/t14-/m1/s1. The summed E-state index contributed by atoms with van der Waals surface area (Å²) in [5.41, 5.74) is -0.477. The Balaban J connectivity index is 1.85. The fraction of sp³-hybridized carbons (Fsp3) is 0.667. The van der Waals surface area contributed by atoms with E-state index in [0.29, 0.717) is 37.3 Å². The number of rotatable bonds is 8. The van der Waals surface area contributed by atoms with E-state index in [1.807, 2.05) is 32.9 Å². The van der Waals surface area contributed by atoms with Crippen molar-refractivity contribution < 1.29 is 14.3 Å². The summed E-state index contributed by atoms with van der Waals surface area (Å²) in [6.45, 7) is 7.78. The maximum Gasteiger partial charge on any atom is 0.257 e. The molecule has 0 unspecified atom stereocenters. The van der Waals surface area contributed by atoms with E-state index in [-0.39, 0.29) is 5.91 Å². The minimum Gasteiger partial charge on any atom is -0.488 e. The number of likely N-dealkylation sites (tertiary alicyclic amines) is 1. The van der Waals surface area contributed by atoms with Gasteiger partial charge in [-0.15, -0.1) is 0 Å². The Morgan fingerprint density at radius 1 is 1.46 bits per heavy atom. The van der Waals surface area contributed by atoms with Crippen molar-refractivity contribution in [1.82, 2.24) is 15.2 Å². The highest BCUT2D eigenvalue weighted by Gasteiger charge is 2.27. The Morgan fingerprint density at radius 3 is 2.92 bits per heavy atom. The number of aromatic nitrogens is 1. The molecule has 2 heterocycles. The van der Waals surface area contributed by atoms with Crippen LogP contribution >= 0.6 is 0 Å². The highest BCUT2D eigenvalue weighted by molar-refractivity contribution is 5.77. The highest BCUT2D eigenvalue weighted by atomic mass is 16.5. The Morgan fingerprint density at radius 2 is 2.25 bits per heavy atom. The maximum absolute atomic E-state index is 12.3. The molecular weight excluding hydrogens is 306 g/mol. The molecule has 0 aliphatic carbocycles. The van der Waals surface area contributed by atoms with Crippen LogP contribution in [-0.2, 0) is 4.79 Å². The second-order valence-corrected chi connectivity index (χ2v) is 6.94. The van der Waals surface area contributed by atoms with E-state index in [9.17, 15) is 4.79 Å². The van der Waals surface area contributed by atoms with Crippen molar-refractivity contribution in [2.45, 2.75) is 51.6 Å². The zero-order valence-corrected chi connectivity index (χ0v) is 15.2. The summed E-state index contributed by atoms with van der Waals surface area (Å²) in [4.78, 5) is 18.8. The number of pyridine rings is 1. The van der Waals surface area contributed by atoms with E-state index in [4.69, 9.17) is 9.47 Å². The van der Waals surface area contributed by atoms with Crippen molar-refractivity contribution in [3.8, 4) is 11.6 Å². The lowest BCUT2D eigenvalue weighted by atomic mass is 10.1. The Labute approximate surface area is 144 Å². The van der Waals surface area contributed by atoms with Gasteiger partial charge in [0.05, 0.1) is 12.1 Å². The molecule has 1 aromatic rings. The van der Waals surface area contributed by atoms with Gasteiger partial charge in [0.1, 0.15) is 6.61 Å².